The second kappa shape index (κ2) is 6.35. The Morgan fingerprint density at radius 1 is 1.44 bits per heavy atom. The van der Waals surface area contributed by atoms with E-state index in [0.29, 0.717) is 12.1 Å². The number of hydrogen-bond acceptors (Lipinski definition) is 3. The molecular weight excluding hydrogens is 235 g/mol. The number of halogens is 1. The van der Waals surface area contributed by atoms with Gasteiger partial charge in [-0.3, -0.25) is 10.1 Å². The molecule has 1 aromatic rings. The van der Waals surface area contributed by atoms with Crippen molar-refractivity contribution in [2.24, 2.45) is 0 Å². The fourth-order valence-corrected chi connectivity index (χ4v) is 1.74. The van der Waals surface area contributed by atoms with Crippen LogP contribution in [0, 0.1) is 5.82 Å². The Balaban J connectivity index is 2.70. The van der Waals surface area contributed by atoms with Crippen LogP contribution >= 0.6 is 0 Å². The summed E-state index contributed by atoms with van der Waals surface area (Å²) in [6.07, 6.45) is 0. The van der Waals surface area contributed by atoms with Crippen molar-refractivity contribution in [2.45, 2.75) is 32.9 Å². The van der Waals surface area contributed by atoms with Crippen LogP contribution in [0.4, 0.5) is 4.39 Å². The summed E-state index contributed by atoms with van der Waals surface area (Å²) in [5, 5.41) is 14.8. The third-order valence-electron chi connectivity index (χ3n) is 2.69. The first kappa shape index (κ1) is 14.4. The van der Waals surface area contributed by atoms with Gasteiger partial charge in [-0.2, -0.15) is 0 Å². The Morgan fingerprint density at radius 3 is 2.67 bits per heavy atom. The largest absolute Gasteiger partial charge is 0.508 e. The minimum Gasteiger partial charge on any atom is -0.508 e. The molecule has 0 saturated heterocycles. The van der Waals surface area contributed by atoms with Crippen LogP contribution in [0.2, 0.25) is 0 Å². The van der Waals surface area contributed by atoms with Crippen LogP contribution < -0.4 is 10.6 Å². The second-order valence-electron chi connectivity index (χ2n) is 4.21. The Hall–Kier alpha value is -1.62. The van der Waals surface area contributed by atoms with Crippen molar-refractivity contribution in [3.05, 3.63) is 29.6 Å². The van der Waals surface area contributed by atoms with E-state index in [1.165, 1.54) is 12.1 Å². The van der Waals surface area contributed by atoms with Gasteiger partial charge in [0.15, 0.2) is 0 Å². The van der Waals surface area contributed by atoms with Gasteiger partial charge in [0, 0.05) is 24.2 Å². The van der Waals surface area contributed by atoms with Gasteiger partial charge in [0.2, 0.25) is 5.91 Å². The Labute approximate surface area is 106 Å². The summed E-state index contributed by atoms with van der Waals surface area (Å²) >= 11 is 0. The van der Waals surface area contributed by atoms with Gasteiger partial charge in [0.25, 0.3) is 0 Å². The van der Waals surface area contributed by atoms with E-state index >= 15 is 0 Å². The van der Waals surface area contributed by atoms with E-state index in [2.05, 4.69) is 10.6 Å². The molecule has 0 aliphatic rings. The molecule has 0 fully saturated rings. The zero-order valence-corrected chi connectivity index (χ0v) is 10.8. The van der Waals surface area contributed by atoms with Gasteiger partial charge < -0.3 is 10.4 Å². The molecule has 0 heterocycles. The minimum absolute atomic E-state index is 0.111. The highest BCUT2D eigenvalue weighted by atomic mass is 19.1. The monoisotopic (exact) mass is 254 g/mol. The minimum atomic E-state index is -0.488. The SMILES string of the molecule is CCNC(=O)C(C)NC(C)c1ccc(O)cc1F. The van der Waals surface area contributed by atoms with Crippen molar-refractivity contribution in [1.82, 2.24) is 10.6 Å². The van der Waals surface area contributed by atoms with Crippen molar-refractivity contribution in [3.8, 4) is 5.75 Å². The molecule has 1 amide bonds. The Bertz CT molecular complexity index is 423. The third-order valence-corrected chi connectivity index (χ3v) is 2.69. The fourth-order valence-electron chi connectivity index (χ4n) is 1.74. The van der Waals surface area contributed by atoms with Crippen molar-refractivity contribution in [3.63, 3.8) is 0 Å². The predicted octanol–water partition coefficient (Wildman–Crippen LogP) is 1.71. The van der Waals surface area contributed by atoms with Crippen LogP contribution in [0.25, 0.3) is 0 Å². The molecule has 18 heavy (non-hydrogen) atoms. The first-order valence-electron chi connectivity index (χ1n) is 5.97. The van der Waals surface area contributed by atoms with Crippen molar-refractivity contribution >= 4 is 5.91 Å². The topological polar surface area (TPSA) is 61.4 Å². The molecule has 0 radical (unpaired) electrons. The fraction of sp³-hybridized carbons (Fsp3) is 0.462. The lowest BCUT2D eigenvalue weighted by Crippen LogP contribution is -2.43. The molecule has 0 aliphatic carbocycles. The number of likely N-dealkylation sites (N-methyl/N-ethyl adjacent to an activating group) is 1. The predicted molar refractivity (Wildman–Crippen MR) is 67.8 cm³/mol. The van der Waals surface area contributed by atoms with E-state index in [1.54, 1.807) is 13.8 Å². The molecule has 100 valence electrons. The van der Waals surface area contributed by atoms with Crippen LogP contribution in [-0.4, -0.2) is 23.6 Å². The van der Waals surface area contributed by atoms with E-state index in [1.807, 2.05) is 6.92 Å². The Kier molecular flexibility index (Phi) is 5.09. The van der Waals surface area contributed by atoms with E-state index in [4.69, 9.17) is 5.11 Å². The molecule has 2 unspecified atom stereocenters. The molecule has 4 nitrogen and oxygen atoms in total. The highest BCUT2D eigenvalue weighted by molar-refractivity contribution is 5.81. The van der Waals surface area contributed by atoms with E-state index in [-0.39, 0.29) is 17.7 Å². The highest BCUT2D eigenvalue weighted by Crippen LogP contribution is 2.21. The summed E-state index contributed by atoms with van der Waals surface area (Å²) in [6, 6.07) is 3.26. The van der Waals surface area contributed by atoms with Crippen molar-refractivity contribution in [1.29, 1.82) is 0 Å². The third kappa shape index (κ3) is 3.70. The first-order valence-corrected chi connectivity index (χ1v) is 5.97. The molecular formula is C13H19FN2O2. The lowest BCUT2D eigenvalue weighted by Gasteiger charge is -2.20. The van der Waals surface area contributed by atoms with E-state index in [9.17, 15) is 9.18 Å². The maximum Gasteiger partial charge on any atom is 0.236 e. The van der Waals surface area contributed by atoms with Crippen LogP contribution in [0.3, 0.4) is 0 Å². The van der Waals surface area contributed by atoms with Crippen LogP contribution in [0.1, 0.15) is 32.4 Å². The van der Waals surface area contributed by atoms with Crippen LogP contribution in [0.15, 0.2) is 18.2 Å². The summed E-state index contributed by atoms with van der Waals surface area (Å²) in [5.41, 5.74) is 0.420. The Morgan fingerprint density at radius 2 is 2.11 bits per heavy atom. The summed E-state index contributed by atoms with van der Waals surface area (Å²) < 4.78 is 13.6. The molecule has 1 rings (SSSR count). The number of phenolic OH excluding ortho intramolecular Hbond substituents is 1. The zero-order valence-electron chi connectivity index (χ0n) is 10.8. The number of benzene rings is 1. The van der Waals surface area contributed by atoms with Gasteiger partial charge >= 0.3 is 0 Å². The first-order chi connectivity index (χ1) is 8.45. The van der Waals surface area contributed by atoms with Gasteiger partial charge in [0.05, 0.1) is 6.04 Å². The molecule has 0 spiro atoms. The summed E-state index contributed by atoms with van der Waals surface area (Å²) in [5.74, 6) is -0.720. The highest BCUT2D eigenvalue weighted by Gasteiger charge is 2.17. The maximum atomic E-state index is 13.6. The zero-order chi connectivity index (χ0) is 13.7. The molecule has 0 aromatic heterocycles. The number of amides is 1. The number of rotatable bonds is 5. The van der Waals surface area contributed by atoms with Gasteiger partial charge in [-0.15, -0.1) is 0 Å². The van der Waals surface area contributed by atoms with Gasteiger partial charge in [-0.05, 0) is 26.8 Å². The maximum absolute atomic E-state index is 13.6. The molecule has 2 atom stereocenters. The lowest BCUT2D eigenvalue weighted by molar-refractivity contribution is -0.122. The average Bonchev–Trinajstić information content (AvgIpc) is 2.28. The summed E-state index contributed by atoms with van der Waals surface area (Å²) in [6.45, 7) is 5.89. The normalized spacial score (nSPS) is 14.0. The van der Waals surface area contributed by atoms with Crippen LogP contribution in [-0.2, 0) is 4.79 Å². The van der Waals surface area contributed by atoms with Crippen LogP contribution in [0.5, 0.6) is 5.75 Å². The number of carbonyl (C=O) groups is 1. The number of hydrogen-bond donors (Lipinski definition) is 3. The molecule has 5 heteroatoms. The lowest BCUT2D eigenvalue weighted by atomic mass is 10.1. The van der Waals surface area contributed by atoms with Crippen molar-refractivity contribution in [2.75, 3.05) is 6.54 Å². The summed E-state index contributed by atoms with van der Waals surface area (Å²) in [7, 11) is 0. The van der Waals surface area contributed by atoms with Crippen molar-refractivity contribution < 1.29 is 14.3 Å². The van der Waals surface area contributed by atoms with Gasteiger partial charge in [-0.1, -0.05) is 6.07 Å². The molecule has 0 aliphatic heterocycles. The molecule has 0 saturated carbocycles. The van der Waals surface area contributed by atoms with Gasteiger partial charge in [-0.25, -0.2) is 4.39 Å². The molecule has 1 aromatic carbocycles. The summed E-state index contributed by atoms with van der Waals surface area (Å²) in [4.78, 5) is 11.5. The number of aromatic hydroxyl groups is 1. The van der Waals surface area contributed by atoms with Gasteiger partial charge in [0.1, 0.15) is 11.6 Å². The number of carbonyl (C=O) groups excluding carboxylic acids is 1. The standard InChI is InChI=1S/C13H19FN2O2/c1-4-15-13(18)9(3)16-8(2)11-6-5-10(17)7-12(11)14/h5-9,16-17H,4H2,1-3H3,(H,15,18). The average molecular weight is 254 g/mol. The molecule has 3 N–H and O–H groups in total. The molecule has 0 bridgehead atoms. The number of nitrogens with one attached hydrogen (secondary N) is 2. The second-order valence-corrected chi connectivity index (χ2v) is 4.21. The number of phenols is 1. The quantitative estimate of drug-likeness (QED) is 0.749. The smallest absolute Gasteiger partial charge is 0.236 e. The van der Waals surface area contributed by atoms with E-state index < -0.39 is 11.9 Å². The van der Waals surface area contributed by atoms with E-state index in [0.717, 1.165) is 6.07 Å².